The number of likely N-dealkylation sites (tertiary alicyclic amines) is 1. The Bertz CT molecular complexity index is 1390. The molecule has 4 heteroatoms. The van der Waals surface area contributed by atoms with Gasteiger partial charge < -0.3 is 4.90 Å². The molecule has 4 aromatic rings. The molecule has 1 fully saturated rings. The second kappa shape index (κ2) is 13.6. The molecule has 1 aliphatic rings. The third-order valence-corrected chi connectivity index (χ3v) is 9.30. The van der Waals surface area contributed by atoms with Gasteiger partial charge in [-0.1, -0.05) is 76.2 Å². The Hall–Kier alpha value is -3.24. The lowest BCUT2D eigenvalue weighted by atomic mass is 9.81. The Kier molecular flexibility index (Phi) is 9.72. The number of piperidine rings is 1. The topological polar surface area (TPSA) is 32.3 Å². The Balaban J connectivity index is 1.18. The molecule has 0 saturated carbocycles. The summed E-state index contributed by atoms with van der Waals surface area (Å²) in [5, 5.41) is 1.26. The van der Waals surface area contributed by atoms with Crippen LogP contribution in [0, 0.1) is 11.8 Å². The SMILES string of the molecule is CC(C)c1cc(CN(C)c2ncccc2C(C)CCC(C)C2CCN(Cc3ccccc3)CC2)cc2ncccc12. The van der Waals surface area contributed by atoms with Gasteiger partial charge >= 0.3 is 0 Å². The van der Waals surface area contributed by atoms with E-state index >= 15 is 0 Å². The lowest BCUT2D eigenvalue weighted by Crippen LogP contribution is -2.35. The van der Waals surface area contributed by atoms with Gasteiger partial charge in [0.2, 0.25) is 0 Å². The van der Waals surface area contributed by atoms with E-state index in [1.54, 1.807) is 0 Å². The molecule has 0 N–H and O–H groups in total. The van der Waals surface area contributed by atoms with Crippen molar-refractivity contribution in [1.82, 2.24) is 14.9 Å². The van der Waals surface area contributed by atoms with E-state index in [9.17, 15) is 0 Å². The van der Waals surface area contributed by atoms with Gasteiger partial charge in [-0.25, -0.2) is 4.98 Å². The number of anilines is 1. The molecule has 5 rings (SSSR count). The molecule has 216 valence electrons. The van der Waals surface area contributed by atoms with E-state index < -0.39 is 0 Å². The van der Waals surface area contributed by atoms with Crippen LogP contribution in [-0.4, -0.2) is 35.0 Å². The lowest BCUT2D eigenvalue weighted by Gasteiger charge is -2.35. The van der Waals surface area contributed by atoms with Crippen LogP contribution in [0.1, 0.15) is 87.5 Å². The van der Waals surface area contributed by atoms with Gasteiger partial charge in [0.15, 0.2) is 0 Å². The van der Waals surface area contributed by atoms with E-state index in [1.165, 1.54) is 66.4 Å². The molecule has 2 aromatic carbocycles. The standard InChI is InChI=1S/C37H48N4/c1-27(2)35-23-31(24-36-34(35)14-10-19-38-36)25-40(5)37-33(13-9-20-39-37)29(4)16-15-28(3)32-17-21-41(22-18-32)26-30-11-7-6-8-12-30/h6-14,19-20,23-24,27-29,32H,15-18,21-22,25-26H2,1-5H3. The van der Waals surface area contributed by atoms with Gasteiger partial charge in [0.25, 0.3) is 0 Å². The van der Waals surface area contributed by atoms with E-state index in [4.69, 9.17) is 4.98 Å². The highest BCUT2D eigenvalue weighted by molar-refractivity contribution is 5.83. The van der Waals surface area contributed by atoms with Crippen molar-refractivity contribution in [1.29, 1.82) is 0 Å². The Labute approximate surface area is 247 Å². The molecule has 2 atom stereocenters. The van der Waals surface area contributed by atoms with E-state index in [0.717, 1.165) is 36.3 Å². The highest BCUT2D eigenvalue weighted by atomic mass is 15.2. The highest BCUT2D eigenvalue weighted by Crippen LogP contribution is 2.34. The fourth-order valence-corrected chi connectivity index (χ4v) is 6.73. The largest absolute Gasteiger partial charge is 0.355 e. The minimum absolute atomic E-state index is 0.454. The zero-order valence-corrected chi connectivity index (χ0v) is 25.8. The molecule has 41 heavy (non-hydrogen) atoms. The highest BCUT2D eigenvalue weighted by Gasteiger charge is 2.25. The fourth-order valence-electron chi connectivity index (χ4n) is 6.73. The summed E-state index contributed by atoms with van der Waals surface area (Å²) in [6, 6.07) is 24.2. The van der Waals surface area contributed by atoms with Gasteiger partial charge in [-0.05, 0) is 103 Å². The Morgan fingerprint density at radius 1 is 0.805 bits per heavy atom. The van der Waals surface area contributed by atoms with E-state index in [1.807, 2.05) is 18.5 Å². The summed E-state index contributed by atoms with van der Waals surface area (Å²) in [5.41, 5.74) is 6.54. The van der Waals surface area contributed by atoms with Crippen LogP contribution >= 0.6 is 0 Å². The summed E-state index contributed by atoms with van der Waals surface area (Å²) in [6.45, 7) is 13.8. The molecule has 1 aliphatic heterocycles. The number of aromatic nitrogens is 2. The van der Waals surface area contributed by atoms with Crippen LogP contribution < -0.4 is 4.90 Å². The van der Waals surface area contributed by atoms with Crippen LogP contribution in [0.25, 0.3) is 10.9 Å². The quantitative estimate of drug-likeness (QED) is 0.187. The predicted octanol–water partition coefficient (Wildman–Crippen LogP) is 8.82. The summed E-state index contributed by atoms with van der Waals surface area (Å²) in [6.07, 6.45) is 8.96. The second-order valence-electron chi connectivity index (χ2n) is 12.7. The van der Waals surface area contributed by atoms with Gasteiger partial charge in [0.1, 0.15) is 5.82 Å². The van der Waals surface area contributed by atoms with Crippen LogP contribution in [0.4, 0.5) is 5.82 Å². The first kappa shape index (κ1) is 29.3. The van der Waals surface area contributed by atoms with Crippen molar-refractivity contribution in [3.05, 3.63) is 101 Å². The van der Waals surface area contributed by atoms with Crippen LogP contribution in [-0.2, 0) is 13.1 Å². The molecule has 0 aliphatic carbocycles. The van der Waals surface area contributed by atoms with Gasteiger partial charge in [-0.2, -0.15) is 0 Å². The molecule has 0 spiro atoms. The maximum atomic E-state index is 4.88. The number of pyridine rings is 2. The molecule has 0 bridgehead atoms. The maximum Gasteiger partial charge on any atom is 0.132 e. The number of rotatable bonds is 11. The van der Waals surface area contributed by atoms with Crippen molar-refractivity contribution in [2.45, 2.75) is 78.3 Å². The van der Waals surface area contributed by atoms with Crippen LogP contribution in [0.5, 0.6) is 0 Å². The minimum Gasteiger partial charge on any atom is -0.355 e. The summed E-state index contributed by atoms with van der Waals surface area (Å²) >= 11 is 0. The fraction of sp³-hybridized carbons (Fsp3) is 0.459. The molecule has 2 aromatic heterocycles. The predicted molar refractivity (Wildman–Crippen MR) is 173 cm³/mol. The van der Waals surface area contributed by atoms with Crippen LogP contribution in [0.2, 0.25) is 0 Å². The van der Waals surface area contributed by atoms with Crippen molar-refractivity contribution in [3.8, 4) is 0 Å². The Morgan fingerprint density at radius 2 is 1.54 bits per heavy atom. The summed E-state index contributed by atoms with van der Waals surface area (Å²) in [4.78, 5) is 14.5. The monoisotopic (exact) mass is 548 g/mol. The molecule has 2 unspecified atom stereocenters. The first-order valence-electron chi connectivity index (χ1n) is 15.7. The second-order valence-corrected chi connectivity index (χ2v) is 12.7. The van der Waals surface area contributed by atoms with Crippen LogP contribution in [0.15, 0.2) is 79.1 Å². The molecule has 0 radical (unpaired) electrons. The average molecular weight is 549 g/mol. The van der Waals surface area contributed by atoms with Crippen molar-refractivity contribution in [2.75, 3.05) is 25.0 Å². The summed E-state index contributed by atoms with van der Waals surface area (Å²) < 4.78 is 0. The summed E-state index contributed by atoms with van der Waals surface area (Å²) in [5.74, 6) is 3.63. The van der Waals surface area contributed by atoms with Gasteiger partial charge in [0, 0.05) is 37.9 Å². The molecular weight excluding hydrogens is 500 g/mol. The normalized spacial score (nSPS) is 16.2. The third-order valence-electron chi connectivity index (χ3n) is 9.30. The van der Waals surface area contributed by atoms with Gasteiger partial charge in [0.05, 0.1) is 5.52 Å². The van der Waals surface area contributed by atoms with E-state index in [2.05, 4.69) is 110 Å². The Morgan fingerprint density at radius 3 is 2.29 bits per heavy atom. The molecule has 1 saturated heterocycles. The average Bonchev–Trinajstić information content (AvgIpc) is 3.00. The van der Waals surface area contributed by atoms with Crippen molar-refractivity contribution >= 4 is 16.7 Å². The lowest BCUT2D eigenvalue weighted by molar-refractivity contribution is 0.141. The molecule has 4 nitrogen and oxygen atoms in total. The zero-order valence-electron chi connectivity index (χ0n) is 25.8. The third kappa shape index (κ3) is 7.35. The first-order chi connectivity index (χ1) is 19.9. The van der Waals surface area contributed by atoms with Crippen molar-refractivity contribution in [2.24, 2.45) is 11.8 Å². The molecule has 3 heterocycles. The molecule has 0 amide bonds. The van der Waals surface area contributed by atoms with E-state index in [0.29, 0.717) is 11.8 Å². The van der Waals surface area contributed by atoms with E-state index in [-0.39, 0.29) is 0 Å². The number of nitrogens with zero attached hydrogens (tertiary/aromatic N) is 4. The minimum atomic E-state index is 0.454. The number of hydrogen-bond donors (Lipinski definition) is 0. The maximum absolute atomic E-state index is 4.88. The zero-order chi connectivity index (χ0) is 28.8. The smallest absolute Gasteiger partial charge is 0.132 e. The van der Waals surface area contributed by atoms with Gasteiger partial charge in [-0.15, -0.1) is 0 Å². The first-order valence-corrected chi connectivity index (χ1v) is 15.7. The number of fused-ring (bicyclic) bond motifs is 1. The van der Waals surface area contributed by atoms with Crippen molar-refractivity contribution in [3.63, 3.8) is 0 Å². The summed E-state index contributed by atoms with van der Waals surface area (Å²) in [7, 11) is 2.18. The van der Waals surface area contributed by atoms with Crippen molar-refractivity contribution < 1.29 is 0 Å². The number of hydrogen-bond acceptors (Lipinski definition) is 4. The van der Waals surface area contributed by atoms with Gasteiger partial charge in [-0.3, -0.25) is 9.88 Å². The molecular formula is C37H48N4. The number of benzene rings is 2. The van der Waals surface area contributed by atoms with Crippen LogP contribution in [0.3, 0.4) is 0 Å².